The molecule has 0 saturated heterocycles. The van der Waals surface area contributed by atoms with Crippen LogP contribution in [-0.2, 0) is 0 Å². The van der Waals surface area contributed by atoms with Crippen LogP contribution in [0.5, 0.6) is 0 Å². The van der Waals surface area contributed by atoms with Crippen molar-refractivity contribution in [3.05, 3.63) is 45.2 Å². The Labute approximate surface area is 105 Å². The van der Waals surface area contributed by atoms with Crippen molar-refractivity contribution >= 4 is 39.1 Å². The lowest BCUT2D eigenvalue weighted by atomic mass is 10.2. The third-order valence-electron chi connectivity index (χ3n) is 1.81. The normalized spacial score (nSPS) is 10.3. The van der Waals surface area contributed by atoms with E-state index in [-0.39, 0.29) is 0 Å². The summed E-state index contributed by atoms with van der Waals surface area (Å²) in [6.45, 7) is 0. The molecule has 0 aromatic carbocycles. The van der Waals surface area contributed by atoms with Gasteiger partial charge in [0.2, 0.25) is 0 Å². The van der Waals surface area contributed by atoms with Gasteiger partial charge in [0.15, 0.2) is 0 Å². The second-order valence-electron chi connectivity index (χ2n) is 2.83. The Morgan fingerprint density at radius 1 is 1.13 bits per heavy atom. The molecule has 0 aliphatic carbocycles. The number of nitrogens with zero attached hydrogens (tertiary/aromatic N) is 2. The second kappa shape index (κ2) is 4.47. The van der Waals surface area contributed by atoms with Gasteiger partial charge in [0.25, 0.3) is 0 Å². The maximum absolute atomic E-state index is 5.81. The van der Waals surface area contributed by atoms with Crippen LogP contribution in [0.2, 0.25) is 10.3 Å². The fourth-order valence-corrected chi connectivity index (χ4v) is 1.91. The lowest BCUT2D eigenvalue weighted by Crippen LogP contribution is -1.86. The van der Waals surface area contributed by atoms with Crippen molar-refractivity contribution in [3.63, 3.8) is 0 Å². The number of hydrogen-bond acceptors (Lipinski definition) is 2. The third kappa shape index (κ3) is 2.48. The molecule has 0 unspecified atom stereocenters. The summed E-state index contributed by atoms with van der Waals surface area (Å²) in [5, 5.41) is 0.877. The Hall–Kier alpha value is -0.640. The van der Waals surface area contributed by atoms with Crippen molar-refractivity contribution in [2.75, 3.05) is 0 Å². The molecule has 0 saturated carbocycles. The number of pyridine rings is 2. The maximum Gasteiger partial charge on any atom is 0.129 e. The summed E-state index contributed by atoms with van der Waals surface area (Å²) in [4.78, 5) is 8.14. The first kappa shape index (κ1) is 10.9. The zero-order valence-corrected chi connectivity index (χ0v) is 10.5. The molecule has 2 rings (SSSR count). The molecule has 0 atom stereocenters. The minimum absolute atomic E-state index is 0.426. The highest BCUT2D eigenvalue weighted by atomic mass is 79.9. The van der Waals surface area contributed by atoms with Gasteiger partial charge in [-0.15, -0.1) is 0 Å². The number of aromatic nitrogens is 2. The summed E-state index contributed by atoms with van der Waals surface area (Å²) in [5.41, 5.74) is 1.64. The van der Waals surface area contributed by atoms with Crippen molar-refractivity contribution in [3.8, 4) is 11.3 Å². The predicted octanol–water partition coefficient (Wildman–Crippen LogP) is 4.21. The van der Waals surface area contributed by atoms with E-state index in [0.717, 1.165) is 15.7 Å². The highest BCUT2D eigenvalue weighted by molar-refractivity contribution is 9.10. The van der Waals surface area contributed by atoms with Gasteiger partial charge in [-0.25, -0.2) is 9.97 Å². The van der Waals surface area contributed by atoms with Crippen molar-refractivity contribution in [2.24, 2.45) is 0 Å². The Morgan fingerprint density at radius 2 is 1.93 bits per heavy atom. The van der Waals surface area contributed by atoms with E-state index in [0.29, 0.717) is 10.3 Å². The van der Waals surface area contributed by atoms with Crippen LogP contribution in [0.1, 0.15) is 0 Å². The van der Waals surface area contributed by atoms with Crippen molar-refractivity contribution in [1.29, 1.82) is 0 Å². The molecule has 0 aliphatic rings. The van der Waals surface area contributed by atoms with E-state index < -0.39 is 0 Å². The molecule has 76 valence electrons. The molecule has 2 aromatic rings. The summed E-state index contributed by atoms with van der Waals surface area (Å²) in [6.07, 6.45) is 1.64. The van der Waals surface area contributed by atoms with E-state index in [1.807, 2.05) is 12.1 Å². The average Bonchev–Trinajstić information content (AvgIpc) is 2.22. The van der Waals surface area contributed by atoms with E-state index in [1.165, 1.54) is 0 Å². The zero-order valence-electron chi connectivity index (χ0n) is 7.42. The summed E-state index contributed by atoms with van der Waals surface area (Å²) in [7, 11) is 0. The lowest BCUT2D eigenvalue weighted by molar-refractivity contribution is 1.27. The fourth-order valence-electron chi connectivity index (χ4n) is 1.17. The molecule has 15 heavy (non-hydrogen) atoms. The van der Waals surface area contributed by atoms with Crippen LogP contribution in [0, 0.1) is 0 Å². The van der Waals surface area contributed by atoms with Crippen molar-refractivity contribution in [1.82, 2.24) is 9.97 Å². The van der Waals surface area contributed by atoms with Gasteiger partial charge in [-0.3, -0.25) is 0 Å². The van der Waals surface area contributed by atoms with Crippen LogP contribution < -0.4 is 0 Å². The summed E-state index contributed by atoms with van der Waals surface area (Å²) in [5.74, 6) is 0. The van der Waals surface area contributed by atoms with Crippen LogP contribution in [0.15, 0.2) is 34.9 Å². The quantitative estimate of drug-likeness (QED) is 0.737. The van der Waals surface area contributed by atoms with Crippen LogP contribution >= 0.6 is 39.1 Å². The highest BCUT2D eigenvalue weighted by Gasteiger charge is 2.06. The molecule has 0 N–H and O–H groups in total. The molecule has 5 heteroatoms. The van der Waals surface area contributed by atoms with Crippen molar-refractivity contribution < 1.29 is 0 Å². The van der Waals surface area contributed by atoms with Crippen LogP contribution in [-0.4, -0.2) is 9.97 Å². The second-order valence-corrected chi connectivity index (χ2v) is 4.46. The summed E-state index contributed by atoms with van der Waals surface area (Å²) >= 11 is 15.0. The average molecular weight is 304 g/mol. The van der Waals surface area contributed by atoms with E-state index in [4.69, 9.17) is 23.2 Å². The summed E-state index contributed by atoms with van der Waals surface area (Å²) in [6, 6.07) is 7.17. The molecule has 0 radical (unpaired) electrons. The molecule has 0 spiro atoms. The first-order valence-corrected chi connectivity index (χ1v) is 5.65. The fraction of sp³-hybridized carbons (Fsp3) is 0. The van der Waals surface area contributed by atoms with Crippen LogP contribution in [0.3, 0.4) is 0 Å². The molecule has 0 aliphatic heterocycles. The number of rotatable bonds is 1. The van der Waals surface area contributed by atoms with Gasteiger partial charge in [0, 0.05) is 16.2 Å². The van der Waals surface area contributed by atoms with E-state index >= 15 is 0 Å². The Morgan fingerprint density at radius 3 is 2.67 bits per heavy atom. The molecule has 2 nitrogen and oxygen atoms in total. The van der Waals surface area contributed by atoms with E-state index in [9.17, 15) is 0 Å². The van der Waals surface area contributed by atoms with Crippen LogP contribution in [0.25, 0.3) is 11.3 Å². The van der Waals surface area contributed by atoms with Gasteiger partial charge >= 0.3 is 0 Å². The van der Waals surface area contributed by atoms with Gasteiger partial charge in [-0.1, -0.05) is 29.3 Å². The monoisotopic (exact) mass is 302 g/mol. The van der Waals surface area contributed by atoms with Gasteiger partial charge in [0.1, 0.15) is 10.3 Å². The highest BCUT2D eigenvalue weighted by Crippen LogP contribution is 2.28. The van der Waals surface area contributed by atoms with Crippen molar-refractivity contribution in [2.45, 2.75) is 0 Å². The van der Waals surface area contributed by atoms with E-state index in [2.05, 4.69) is 25.9 Å². The maximum atomic E-state index is 5.81. The van der Waals surface area contributed by atoms with Gasteiger partial charge in [0.05, 0.1) is 5.69 Å². The Bertz CT molecular complexity index is 503. The Kier molecular flexibility index (Phi) is 3.24. The topological polar surface area (TPSA) is 25.8 Å². The van der Waals surface area contributed by atoms with Gasteiger partial charge in [-0.2, -0.15) is 0 Å². The smallest absolute Gasteiger partial charge is 0.129 e. The standard InChI is InChI=1S/C10H5BrCl2N2/c11-7-5-14-10(13)4-6(7)8-2-1-3-9(12)15-8/h1-5H. The first-order chi connectivity index (χ1) is 7.16. The van der Waals surface area contributed by atoms with Gasteiger partial charge < -0.3 is 0 Å². The minimum atomic E-state index is 0.426. The first-order valence-electron chi connectivity index (χ1n) is 4.11. The predicted molar refractivity (Wildman–Crippen MR) is 65.2 cm³/mol. The lowest BCUT2D eigenvalue weighted by Gasteiger charge is -2.03. The SMILES string of the molecule is Clc1cc(-c2cccc(Cl)n2)c(Br)cn1. The summed E-state index contributed by atoms with van der Waals surface area (Å²) < 4.78 is 0.835. The molecule has 0 bridgehead atoms. The number of halogens is 3. The molecule has 0 amide bonds. The molecule has 0 fully saturated rings. The molecular weight excluding hydrogens is 299 g/mol. The largest absolute Gasteiger partial charge is 0.243 e. The minimum Gasteiger partial charge on any atom is -0.243 e. The third-order valence-corrected chi connectivity index (χ3v) is 2.86. The number of hydrogen-bond donors (Lipinski definition) is 0. The molecule has 2 heterocycles. The zero-order chi connectivity index (χ0) is 10.8. The van der Waals surface area contributed by atoms with Gasteiger partial charge in [-0.05, 0) is 34.1 Å². The molecular formula is C10H5BrCl2N2. The van der Waals surface area contributed by atoms with Crippen LogP contribution in [0.4, 0.5) is 0 Å². The van der Waals surface area contributed by atoms with E-state index in [1.54, 1.807) is 18.3 Å². The Balaban J connectivity index is 2.58. The molecule has 2 aromatic heterocycles.